The van der Waals surface area contributed by atoms with Gasteiger partial charge < -0.3 is 5.21 Å². The largest absolute Gasteiger partial charge is 0.317 e. The smallest absolute Gasteiger partial charge is 0.0439 e. The number of halogens is 2. The van der Waals surface area contributed by atoms with Gasteiger partial charge in [-0.05, 0) is 30.2 Å². The topological polar surface area (TPSA) is 32.3 Å². The number of hydrogen-bond acceptors (Lipinski definition) is 2. The van der Waals surface area contributed by atoms with Crippen LogP contribution in [0.25, 0.3) is 0 Å². The van der Waals surface area contributed by atoms with Crippen LogP contribution in [0.3, 0.4) is 0 Å². The molecule has 0 aliphatic heterocycles. The normalized spacial score (nSPS) is 10.2. The quantitative estimate of drug-likeness (QED) is 0.744. The molecule has 12 heavy (non-hydrogen) atoms. The van der Waals surface area contributed by atoms with Crippen LogP contribution in [0, 0.1) is 0 Å². The fourth-order valence-electron chi connectivity index (χ4n) is 0.925. The lowest BCUT2D eigenvalue weighted by atomic mass is 10.1. The first-order valence-corrected chi connectivity index (χ1v) is 4.30. The van der Waals surface area contributed by atoms with Crippen molar-refractivity contribution >= 4 is 23.2 Å². The van der Waals surface area contributed by atoms with Gasteiger partial charge in [0.2, 0.25) is 0 Å². The van der Waals surface area contributed by atoms with Crippen molar-refractivity contribution in [1.29, 1.82) is 0 Å². The van der Waals surface area contributed by atoms with Crippen LogP contribution in [0.2, 0.25) is 10.0 Å². The number of rotatable bonds is 3. The second-order valence-electron chi connectivity index (χ2n) is 2.39. The third kappa shape index (κ3) is 2.64. The first-order valence-electron chi connectivity index (χ1n) is 3.55. The van der Waals surface area contributed by atoms with E-state index >= 15 is 0 Å². The molecule has 4 heteroatoms. The third-order valence-corrected chi connectivity index (χ3v) is 2.12. The maximum absolute atomic E-state index is 8.36. The molecule has 1 aromatic rings. The third-order valence-electron chi connectivity index (χ3n) is 1.51. The molecule has 0 atom stereocenters. The zero-order chi connectivity index (χ0) is 8.97. The molecule has 0 aliphatic rings. The average Bonchev–Trinajstić information content (AvgIpc) is 2.07. The van der Waals surface area contributed by atoms with E-state index in [2.05, 4.69) is 5.48 Å². The highest BCUT2D eigenvalue weighted by atomic mass is 35.5. The van der Waals surface area contributed by atoms with Gasteiger partial charge in [0.15, 0.2) is 0 Å². The van der Waals surface area contributed by atoms with E-state index in [4.69, 9.17) is 28.4 Å². The van der Waals surface area contributed by atoms with Crippen LogP contribution < -0.4 is 5.48 Å². The first-order chi connectivity index (χ1) is 5.74. The van der Waals surface area contributed by atoms with Gasteiger partial charge in [0, 0.05) is 16.6 Å². The van der Waals surface area contributed by atoms with Crippen LogP contribution >= 0.6 is 23.2 Å². The summed E-state index contributed by atoms with van der Waals surface area (Å²) in [5, 5.41) is 9.70. The number of nitrogens with one attached hydrogen (secondary N) is 1. The molecule has 0 heterocycles. The summed E-state index contributed by atoms with van der Waals surface area (Å²) in [4.78, 5) is 0. The monoisotopic (exact) mass is 205 g/mol. The molecule has 1 rings (SSSR count). The highest BCUT2D eigenvalue weighted by Crippen LogP contribution is 2.20. The van der Waals surface area contributed by atoms with E-state index in [9.17, 15) is 0 Å². The van der Waals surface area contributed by atoms with Crippen molar-refractivity contribution in [2.45, 2.75) is 6.42 Å². The Bertz CT molecular complexity index is 265. The number of hydroxylamine groups is 1. The standard InChI is InChI=1S/C8H9Cl2NO/c9-7-1-2-8(10)6(5-7)3-4-11-12/h1-2,5,11-12H,3-4H2. The molecule has 0 saturated heterocycles. The van der Waals surface area contributed by atoms with Gasteiger partial charge in [0.05, 0.1) is 0 Å². The summed E-state index contributed by atoms with van der Waals surface area (Å²) >= 11 is 11.6. The molecule has 0 amide bonds. The summed E-state index contributed by atoms with van der Waals surface area (Å²) in [7, 11) is 0. The van der Waals surface area contributed by atoms with E-state index in [1.54, 1.807) is 18.2 Å². The van der Waals surface area contributed by atoms with Gasteiger partial charge in [-0.1, -0.05) is 23.2 Å². The average molecular weight is 206 g/mol. The number of benzene rings is 1. The van der Waals surface area contributed by atoms with Gasteiger partial charge in [0.25, 0.3) is 0 Å². The second-order valence-corrected chi connectivity index (χ2v) is 3.24. The van der Waals surface area contributed by atoms with Gasteiger partial charge in [-0.25, -0.2) is 5.48 Å². The summed E-state index contributed by atoms with van der Waals surface area (Å²) in [6, 6.07) is 5.28. The molecule has 0 aromatic heterocycles. The fourth-order valence-corrected chi connectivity index (χ4v) is 1.33. The van der Waals surface area contributed by atoms with E-state index in [1.807, 2.05) is 0 Å². The highest BCUT2D eigenvalue weighted by Gasteiger charge is 1.99. The van der Waals surface area contributed by atoms with Crippen molar-refractivity contribution in [3.63, 3.8) is 0 Å². The molecule has 1 aromatic carbocycles. The second kappa shape index (κ2) is 4.67. The van der Waals surface area contributed by atoms with Crippen LogP contribution in [-0.2, 0) is 6.42 Å². The minimum Gasteiger partial charge on any atom is -0.317 e. The summed E-state index contributed by atoms with van der Waals surface area (Å²) in [6.07, 6.45) is 0.663. The van der Waals surface area contributed by atoms with Crippen LogP contribution in [0.1, 0.15) is 5.56 Å². The summed E-state index contributed by atoms with van der Waals surface area (Å²) < 4.78 is 0. The van der Waals surface area contributed by atoms with Crippen molar-refractivity contribution in [2.75, 3.05) is 6.54 Å². The van der Waals surface area contributed by atoms with Crippen molar-refractivity contribution in [2.24, 2.45) is 0 Å². The maximum Gasteiger partial charge on any atom is 0.0439 e. The summed E-state index contributed by atoms with van der Waals surface area (Å²) in [6.45, 7) is 0.472. The molecule has 2 nitrogen and oxygen atoms in total. The summed E-state index contributed by atoms with van der Waals surface area (Å²) in [5.74, 6) is 0. The first kappa shape index (κ1) is 9.81. The molecule has 2 N–H and O–H groups in total. The van der Waals surface area contributed by atoms with E-state index in [1.165, 1.54) is 0 Å². The van der Waals surface area contributed by atoms with E-state index in [0.29, 0.717) is 23.0 Å². The Kier molecular flexibility index (Phi) is 3.82. The Labute approximate surface area is 81.1 Å². The Morgan fingerprint density at radius 3 is 2.75 bits per heavy atom. The zero-order valence-electron chi connectivity index (χ0n) is 6.35. The van der Waals surface area contributed by atoms with Crippen LogP contribution in [0.15, 0.2) is 18.2 Å². The highest BCUT2D eigenvalue weighted by molar-refractivity contribution is 6.33. The van der Waals surface area contributed by atoms with Gasteiger partial charge >= 0.3 is 0 Å². The van der Waals surface area contributed by atoms with E-state index in [0.717, 1.165) is 5.56 Å². The van der Waals surface area contributed by atoms with Crippen molar-refractivity contribution in [3.8, 4) is 0 Å². The molecule has 0 spiro atoms. The van der Waals surface area contributed by atoms with Gasteiger partial charge in [-0.2, -0.15) is 0 Å². The molecule has 66 valence electrons. The van der Waals surface area contributed by atoms with Crippen LogP contribution in [-0.4, -0.2) is 11.8 Å². The van der Waals surface area contributed by atoms with Crippen LogP contribution in [0.4, 0.5) is 0 Å². The number of hydrogen-bond donors (Lipinski definition) is 2. The van der Waals surface area contributed by atoms with Gasteiger partial charge in [-0.15, -0.1) is 0 Å². The zero-order valence-corrected chi connectivity index (χ0v) is 7.86. The lowest BCUT2D eigenvalue weighted by Crippen LogP contribution is -2.11. The lowest BCUT2D eigenvalue weighted by Gasteiger charge is -2.03. The minimum absolute atomic E-state index is 0.472. The molecule has 0 aliphatic carbocycles. The Hall–Kier alpha value is -0.280. The predicted octanol–water partition coefficient (Wildman–Crippen LogP) is 2.51. The van der Waals surface area contributed by atoms with Crippen molar-refractivity contribution in [3.05, 3.63) is 33.8 Å². The lowest BCUT2D eigenvalue weighted by molar-refractivity contribution is 0.168. The van der Waals surface area contributed by atoms with Gasteiger partial charge in [-0.3, -0.25) is 0 Å². The van der Waals surface area contributed by atoms with Gasteiger partial charge in [0.1, 0.15) is 0 Å². The SMILES string of the molecule is ONCCc1cc(Cl)ccc1Cl. The Morgan fingerprint density at radius 2 is 2.08 bits per heavy atom. The predicted molar refractivity (Wildman–Crippen MR) is 50.0 cm³/mol. The Balaban J connectivity index is 2.75. The van der Waals surface area contributed by atoms with E-state index in [-0.39, 0.29) is 0 Å². The Morgan fingerprint density at radius 1 is 1.33 bits per heavy atom. The molecule has 0 fully saturated rings. The molecule has 0 unspecified atom stereocenters. The molecule has 0 bridgehead atoms. The van der Waals surface area contributed by atoms with E-state index < -0.39 is 0 Å². The molecule has 0 radical (unpaired) electrons. The maximum atomic E-state index is 8.36. The van der Waals surface area contributed by atoms with Crippen molar-refractivity contribution < 1.29 is 5.21 Å². The minimum atomic E-state index is 0.472. The fraction of sp³-hybridized carbons (Fsp3) is 0.250. The molecular weight excluding hydrogens is 197 g/mol. The van der Waals surface area contributed by atoms with Crippen molar-refractivity contribution in [1.82, 2.24) is 5.48 Å². The molecule has 0 saturated carbocycles. The molecular formula is C8H9Cl2NO. The van der Waals surface area contributed by atoms with Crippen LogP contribution in [0.5, 0.6) is 0 Å². The summed E-state index contributed by atoms with van der Waals surface area (Å²) in [5.41, 5.74) is 3.00.